The van der Waals surface area contributed by atoms with Gasteiger partial charge in [-0.05, 0) is 18.2 Å². The van der Waals surface area contributed by atoms with Gasteiger partial charge < -0.3 is 10.1 Å². The fraction of sp³-hybridized carbons (Fsp3) is 0.333. The van der Waals surface area contributed by atoms with Crippen molar-refractivity contribution in [2.75, 3.05) is 19.8 Å². The van der Waals surface area contributed by atoms with Crippen LogP contribution in [0.5, 0.6) is 0 Å². The van der Waals surface area contributed by atoms with Crippen molar-refractivity contribution in [3.63, 3.8) is 0 Å². The van der Waals surface area contributed by atoms with Gasteiger partial charge in [0.1, 0.15) is 12.2 Å². The topological polar surface area (TPSA) is 54.5 Å². The first-order valence-corrected chi connectivity index (χ1v) is 7.30. The Balaban J connectivity index is 1.84. The second kappa shape index (κ2) is 4.94. The molecule has 3 heterocycles. The maximum Gasteiger partial charge on any atom is 0.241 e. The van der Waals surface area contributed by atoms with Gasteiger partial charge >= 0.3 is 0 Å². The first kappa shape index (κ1) is 13.0. The molecule has 2 aliphatic heterocycles. The molecule has 0 radical (unpaired) electrons. The summed E-state index contributed by atoms with van der Waals surface area (Å²) in [6.45, 7) is 1.79. The zero-order valence-corrected chi connectivity index (χ0v) is 12.0. The predicted octanol–water partition coefficient (Wildman–Crippen LogP) is 1.72. The van der Waals surface area contributed by atoms with Gasteiger partial charge in [-0.25, -0.2) is 0 Å². The lowest BCUT2D eigenvalue weighted by Crippen LogP contribution is -2.44. The van der Waals surface area contributed by atoms with Crippen molar-refractivity contribution in [3.05, 3.63) is 41.0 Å². The van der Waals surface area contributed by atoms with Gasteiger partial charge in [0, 0.05) is 28.7 Å². The van der Waals surface area contributed by atoms with Gasteiger partial charge in [-0.1, -0.05) is 17.7 Å². The molecule has 2 atom stereocenters. The minimum Gasteiger partial charge on any atom is -0.378 e. The second-order valence-electron chi connectivity index (χ2n) is 5.31. The number of carbonyl (C=O) groups is 1. The van der Waals surface area contributed by atoms with Gasteiger partial charge in [0.25, 0.3) is 0 Å². The maximum atomic E-state index is 12.1. The average molecular weight is 304 g/mol. The van der Waals surface area contributed by atoms with Gasteiger partial charge in [0.05, 0.1) is 18.7 Å². The molecule has 1 aromatic carbocycles. The standard InChI is InChI=1S/C15H14ClN3O2/c16-10-6-9-2-1-3-17-13(9)11(7-10)14-18-15(20)12-8-21-5-4-19(12)14/h1-3,6-7,12,14H,4-5,8H2,(H,18,20). The number of hydrogen-bond acceptors (Lipinski definition) is 4. The molecule has 2 unspecified atom stereocenters. The van der Waals surface area contributed by atoms with Crippen LogP contribution in [0, 0.1) is 0 Å². The molecule has 1 amide bonds. The molecule has 21 heavy (non-hydrogen) atoms. The molecule has 0 saturated carbocycles. The van der Waals surface area contributed by atoms with Crippen LogP contribution in [0.25, 0.3) is 10.9 Å². The Bertz CT molecular complexity index is 721. The van der Waals surface area contributed by atoms with Crippen LogP contribution >= 0.6 is 11.6 Å². The molecule has 0 aliphatic carbocycles. The molecule has 108 valence electrons. The molecule has 0 bridgehead atoms. The van der Waals surface area contributed by atoms with Crippen LogP contribution in [0.1, 0.15) is 11.7 Å². The number of amides is 1. The van der Waals surface area contributed by atoms with Crippen LogP contribution in [-0.4, -0.2) is 41.6 Å². The van der Waals surface area contributed by atoms with Crippen LogP contribution in [-0.2, 0) is 9.53 Å². The number of morpholine rings is 1. The van der Waals surface area contributed by atoms with Crippen molar-refractivity contribution >= 4 is 28.4 Å². The van der Waals surface area contributed by atoms with E-state index in [1.54, 1.807) is 6.20 Å². The normalized spacial score (nSPS) is 25.9. The molecular formula is C15H14ClN3O2. The third kappa shape index (κ3) is 2.09. The fourth-order valence-corrected chi connectivity index (χ4v) is 3.35. The lowest BCUT2D eigenvalue weighted by atomic mass is 10.1. The number of hydrogen-bond donors (Lipinski definition) is 1. The van der Waals surface area contributed by atoms with E-state index < -0.39 is 0 Å². The number of benzene rings is 1. The lowest BCUT2D eigenvalue weighted by Gasteiger charge is -2.31. The highest BCUT2D eigenvalue weighted by Gasteiger charge is 2.42. The molecule has 2 saturated heterocycles. The van der Waals surface area contributed by atoms with Gasteiger partial charge in [0.15, 0.2) is 0 Å². The zero-order chi connectivity index (χ0) is 14.4. The molecule has 2 fully saturated rings. The Kier molecular flexibility index (Phi) is 3.06. The summed E-state index contributed by atoms with van der Waals surface area (Å²) in [6.07, 6.45) is 1.57. The molecule has 4 rings (SSSR count). The maximum absolute atomic E-state index is 12.1. The lowest BCUT2D eigenvalue weighted by molar-refractivity contribution is -0.125. The molecule has 2 aromatic rings. The number of fused-ring (bicyclic) bond motifs is 2. The molecule has 1 aromatic heterocycles. The first-order valence-electron chi connectivity index (χ1n) is 6.92. The quantitative estimate of drug-likeness (QED) is 0.871. The van der Waals surface area contributed by atoms with Gasteiger partial charge in [-0.2, -0.15) is 0 Å². The predicted molar refractivity (Wildman–Crippen MR) is 78.9 cm³/mol. The number of halogens is 1. The molecule has 6 heteroatoms. The summed E-state index contributed by atoms with van der Waals surface area (Å²) < 4.78 is 5.41. The Morgan fingerprint density at radius 1 is 1.43 bits per heavy atom. The average Bonchev–Trinajstić information content (AvgIpc) is 2.84. The summed E-state index contributed by atoms with van der Waals surface area (Å²) in [6, 6.07) is 7.42. The number of carbonyl (C=O) groups excluding carboxylic acids is 1. The number of nitrogens with zero attached hydrogens (tertiary/aromatic N) is 2. The van der Waals surface area contributed by atoms with E-state index in [2.05, 4.69) is 15.2 Å². The van der Waals surface area contributed by atoms with Crippen LogP contribution in [0.2, 0.25) is 5.02 Å². The Hall–Kier alpha value is -1.69. The fourth-order valence-electron chi connectivity index (χ4n) is 3.11. The summed E-state index contributed by atoms with van der Waals surface area (Å²) in [4.78, 5) is 18.7. The van der Waals surface area contributed by atoms with Crippen molar-refractivity contribution in [1.82, 2.24) is 15.2 Å². The van der Waals surface area contributed by atoms with Crippen molar-refractivity contribution in [1.29, 1.82) is 0 Å². The summed E-state index contributed by atoms with van der Waals surface area (Å²) in [5.41, 5.74) is 1.81. The SMILES string of the molecule is O=C1NC(c2cc(Cl)cc3cccnc23)N2CCOCC12. The minimum atomic E-state index is -0.221. The van der Waals surface area contributed by atoms with E-state index in [0.29, 0.717) is 18.2 Å². The van der Waals surface area contributed by atoms with E-state index in [1.807, 2.05) is 24.3 Å². The van der Waals surface area contributed by atoms with E-state index in [0.717, 1.165) is 23.0 Å². The molecule has 2 aliphatic rings. The second-order valence-corrected chi connectivity index (χ2v) is 5.75. The highest BCUT2D eigenvalue weighted by atomic mass is 35.5. The molecule has 5 nitrogen and oxygen atoms in total. The van der Waals surface area contributed by atoms with Crippen LogP contribution in [0.15, 0.2) is 30.5 Å². The Morgan fingerprint density at radius 3 is 3.24 bits per heavy atom. The monoisotopic (exact) mass is 303 g/mol. The van der Waals surface area contributed by atoms with E-state index in [1.165, 1.54) is 0 Å². The molecule has 0 spiro atoms. The zero-order valence-electron chi connectivity index (χ0n) is 11.3. The summed E-state index contributed by atoms with van der Waals surface area (Å²) >= 11 is 6.23. The van der Waals surface area contributed by atoms with Gasteiger partial charge in [-0.15, -0.1) is 0 Å². The number of pyridine rings is 1. The summed E-state index contributed by atoms with van der Waals surface area (Å²) in [5.74, 6) is 0.00348. The Labute approximate surface area is 126 Å². The molecular weight excluding hydrogens is 290 g/mol. The third-order valence-electron chi connectivity index (χ3n) is 4.08. The van der Waals surface area contributed by atoms with Crippen LogP contribution < -0.4 is 5.32 Å². The Morgan fingerprint density at radius 2 is 2.33 bits per heavy atom. The number of aromatic nitrogens is 1. The smallest absolute Gasteiger partial charge is 0.241 e. The third-order valence-corrected chi connectivity index (χ3v) is 4.30. The van der Waals surface area contributed by atoms with E-state index in [4.69, 9.17) is 16.3 Å². The highest BCUT2D eigenvalue weighted by molar-refractivity contribution is 6.31. The van der Waals surface area contributed by atoms with Crippen LogP contribution in [0.3, 0.4) is 0 Å². The largest absolute Gasteiger partial charge is 0.378 e. The minimum absolute atomic E-state index is 0.00348. The summed E-state index contributed by atoms with van der Waals surface area (Å²) in [7, 11) is 0. The first-order chi connectivity index (χ1) is 10.2. The van der Waals surface area contributed by atoms with E-state index >= 15 is 0 Å². The van der Waals surface area contributed by atoms with Crippen molar-refractivity contribution in [3.8, 4) is 0 Å². The number of nitrogens with one attached hydrogen (secondary N) is 1. The number of rotatable bonds is 1. The summed E-state index contributed by atoms with van der Waals surface area (Å²) in [5, 5.41) is 4.67. The molecule has 1 N–H and O–H groups in total. The van der Waals surface area contributed by atoms with Gasteiger partial charge in [0.2, 0.25) is 5.91 Å². The van der Waals surface area contributed by atoms with E-state index in [9.17, 15) is 4.79 Å². The van der Waals surface area contributed by atoms with Crippen molar-refractivity contribution in [2.45, 2.75) is 12.2 Å². The van der Waals surface area contributed by atoms with Crippen molar-refractivity contribution < 1.29 is 9.53 Å². The van der Waals surface area contributed by atoms with Crippen molar-refractivity contribution in [2.24, 2.45) is 0 Å². The van der Waals surface area contributed by atoms with Gasteiger partial charge in [-0.3, -0.25) is 14.7 Å². The van der Waals surface area contributed by atoms with E-state index in [-0.39, 0.29) is 18.1 Å². The highest BCUT2D eigenvalue weighted by Crippen LogP contribution is 2.33. The number of ether oxygens (including phenoxy) is 1. The van der Waals surface area contributed by atoms with Crippen LogP contribution in [0.4, 0.5) is 0 Å².